The first-order valence-corrected chi connectivity index (χ1v) is 26.1. The molecule has 4 aliphatic heterocycles. The number of phenols is 1. The largest absolute Gasteiger partial charge is 0.507 e. The minimum Gasteiger partial charge on any atom is -0.507 e. The van der Waals surface area contributed by atoms with Crippen LogP contribution in [0.25, 0.3) is 12.2 Å². The molecule has 20 heteroatoms. The first kappa shape index (κ1) is 61.7. The maximum absolute atomic E-state index is 13.8. The molecule has 0 aromatic heterocycles. The van der Waals surface area contributed by atoms with E-state index in [2.05, 4.69) is 0 Å². The van der Waals surface area contributed by atoms with Crippen LogP contribution < -0.4 is 14.2 Å². The zero-order valence-corrected chi connectivity index (χ0v) is 46.0. The fraction of sp³-hybridized carbons (Fsp3) is 0.492. The van der Waals surface area contributed by atoms with Gasteiger partial charge >= 0.3 is 17.9 Å². The Morgan fingerprint density at radius 1 is 0.747 bits per heavy atom. The molecule has 0 amide bonds. The van der Waals surface area contributed by atoms with Crippen molar-refractivity contribution in [3.05, 3.63) is 119 Å². The number of cyclic esters (lactones) is 2. The SMILES string of the molecule is COCOc1cc(OCC2COC(C)(C)O2)cc2c1C(=O)O[C@@H](C)[C@H](C)/C=C\C(OC(=O)c1ccccc1)[C@H]1OC(C)(C)O[C@H]1C/C=C/2.C[C@@H]1/C=C\C(=O)[C@@H](O)[C@@H](O)C/C=C/c2cc(OCC(O)CO)cc(O)c2C(=O)O[C@H]1C. The summed E-state index contributed by atoms with van der Waals surface area (Å²) in [6.07, 6.45) is 5.62. The molecule has 2 saturated heterocycles. The monoisotopic (exact) mass is 1100 g/mol. The smallest absolute Gasteiger partial charge is 0.342 e. The van der Waals surface area contributed by atoms with Crippen LogP contribution >= 0.6 is 0 Å². The summed E-state index contributed by atoms with van der Waals surface area (Å²) in [4.78, 5) is 51.8. The van der Waals surface area contributed by atoms with Gasteiger partial charge in [-0.3, -0.25) is 4.79 Å². The summed E-state index contributed by atoms with van der Waals surface area (Å²) in [5.41, 5.74) is 1.25. The molecule has 79 heavy (non-hydrogen) atoms. The number of ketones is 1. The Kier molecular flexibility index (Phi) is 22.0. The minimum absolute atomic E-state index is 0.0948. The number of hydrogen-bond acceptors (Lipinski definition) is 20. The predicted octanol–water partition coefficient (Wildman–Crippen LogP) is 6.67. The quantitative estimate of drug-likeness (QED) is 0.0548. The number of benzene rings is 3. The van der Waals surface area contributed by atoms with E-state index >= 15 is 0 Å². The van der Waals surface area contributed by atoms with Crippen LogP contribution in [0.1, 0.15) is 110 Å². The number of rotatable bonds is 12. The maximum atomic E-state index is 13.8. The molecule has 3 aromatic carbocycles. The number of carbonyl (C=O) groups is 4. The number of aliphatic hydroxyl groups is 4. The van der Waals surface area contributed by atoms with Crippen molar-refractivity contribution >= 4 is 35.8 Å². The summed E-state index contributed by atoms with van der Waals surface area (Å²) in [5.74, 6) is -4.36. The lowest BCUT2D eigenvalue weighted by atomic mass is 9.98. The lowest BCUT2D eigenvalue weighted by Crippen LogP contribution is -2.37. The second kappa shape index (κ2) is 28.1. The number of ether oxygens (including phenoxy) is 11. The zero-order chi connectivity index (χ0) is 57.6. The van der Waals surface area contributed by atoms with Crippen LogP contribution in [0.4, 0.5) is 0 Å². The average Bonchev–Trinajstić information content (AvgIpc) is 4.02. The highest BCUT2D eigenvalue weighted by Gasteiger charge is 2.46. The van der Waals surface area contributed by atoms with Gasteiger partial charge in [-0.2, -0.15) is 0 Å². The number of aliphatic hydroxyl groups excluding tert-OH is 4. The van der Waals surface area contributed by atoms with Crippen molar-refractivity contribution in [2.45, 2.75) is 135 Å². The normalized spacial score (nSPS) is 28.9. The highest BCUT2D eigenvalue weighted by atomic mass is 16.8. The van der Waals surface area contributed by atoms with Gasteiger partial charge in [-0.25, -0.2) is 14.4 Å². The van der Waals surface area contributed by atoms with Crippen molar-refractivity contribution < 1.29 is 96.8 Å². The summed E-state index contributed by atoms with van der Waals surface area (Å²) >= 11 is 0. The average molecular weight is 1100 g/mol. The van der Waals surface area contributed by atoms with Gasteiger partial charge in [-0.15, -0.1) is 0 Å². The van der Waals surface area contributed by atoms with Crippen molar-refractivity contribution in [1.82, 2.24) is 0 Å². The van der Waals surface area contributed by atoms with Gasteiger partial charge in [-0.05, 0) is 102 Å². The van der Waals surface area contributed by atoms with E-state index < -0.39 is 96.5 Å². The fourth-order valence-electron chi connectivity index (χ4n) is 8.52. The zero-order valence-electron chi connectivity index (χ0n) is 46.0. The van der Waals surface area contributed by atoms with Crippen molar-refractivity contribution in [1.29, 1.82) is 0 Å². The standard InChI is InChI=1S/C37H46O11.C22H28O9/c1-23-16-17-29(45-34(38)25-12-9-8-10-13-25)33-30(47-37(5,6)48-33)15-11-14-26-18-27(41-20-28-21-43-36(3,4)46-28)19-31(42-22-40-7)32(26)35(39)44-24(23)2;1-12-6-7-18(26)21(28)17(25)5-3-4-14-8-16(30-11-15(24)10-23)9-19(27)20(14)22(29)31-13(12)2/h8-14,16-19,23-24,28-30,33H,15,20-22H2,1-7H3;3-4,6-9,12-13,15,17,21,23-25,27-28H,5,10-11H2,1-2H3/b14-11+,17-16-;4-3+,7-6-/t23-,24+,28?,29?,30+,33-;12-,13+,15?,17+,21+/m11/s1. The molecule has 20 nitrogen and oxygen atoms in total. The number of fused-ring (bicyclic) bond motifs is 3. The Labute approximate surface area is 460 Å². The summed E-state index contributed by atoms with van der Waals surface area (Å²) in [6.45, 7) is 14.2. The molecule has 4 aliphatic rings. The van der Waals surface area contributed by atoms with Crippen LogP contribution in [0.3, 0.4) is 0 Å². The Morgan fingerprint density at radius 2 is 1.38 bits per heavy atom. The lowest BCUT2D eigenvalue weighted by molar-refractivity contribution is -0.152. The Bertz CT molecular complexity index is 2680. The molecule has 0 bridgehead atoms. The summed E-state index contributed by atoms with van der Waals surface area (Å²) in [5, 5.41) is 48.9. The van der Waals surface area contributed by atoms with Crippen LogP contribution in [0, 0.1) is 11.8 Å². The minimum atomic E-state index is -1.61. The first-order valence-electron chi connectivity index (χ1n) is 26.1. The lowest BCUT2D eigenvalue weighted by Gasteiger charge is -2.26. The number of aromatic hydroxyl groups is 1. The molecule has 4 heterocycles. The van der Waals surface area contributed by atoms with E-state index in [9.17, 15) is 39.6 Å². The van der Waals surface area contributed by atoms with Gasteiger partial charge in [0.2, 0.25) is 0 Å². The van der Waals surface area contributed by atoms with E-state index in [1.54, 1.807) is 69.3 Å². The van der Waals surface area contributed by atoms with Gasteiger partial charge in [0.15, 0.2) is 24.2 Å². The highest BCUT2D eigenvalue weighted by molar-refractivity contribution is 5.98. The van der Waals surface area contributed by atoms with E-state index in [4.69, 9.17) is 57.2 Å². The van der Waals surface area contributed by atoms with Gasteiger partial charge in [-0.1, -0.05) is 68.5 Å². The molecule has 11 atom stereocenters. The van der Waals surface area contributed by atoms with Crippen LogP contribution in [0.5, 0.6) is 23.0 Å². The van der Waals surface area contributed by atoms with Crippen LogP contribution in [0.2, 0.25) is 0 Å². The Balaban J connectivity index is 0.000000281. The molecule has 3 unspecified atom stereocenters. The Hall–Kier alpha value is -6.46. The molecule has 0 saturated carbocycles. The van der Waals surface area contributed by atoms with Crippen LogP contribution in [-0.2, 0) is 42.7 Å². The van der Waals surface area contributed by atoms with Crippen LogP contribution in [-0.4, -0.2) is 156 Å². The molecule has 0 spiro atoms. The van der Waals surface area contributed by atoms with Gasteiger partial charge in [0.25, 0.3) is 0 Å². The first-order chi connectivity index (χ1) is 37.5. The third kappa shape index (κ3) is 17.5. The van der Waals surface area contributed by atoms with E-state index in [-0.39, 0.29) is 72.6 Å². The van der Waals surface area contributed by atoms with Crippen molar-refractivity contribution in [3.63, 3.8) is 0 Å². The highest BCUT2D eigenvalue weighted by Crippen LogP contribution is 2.37. The summed E-state index contributed by atoms with van der Waals surface area (Å²) in [7, 11) is 1.50. The molecule has 5 N–H and O–H groups in total. The van der Waals surface area contributed by atoms with E-state index in [1.807, 2.05) is 52.8 Å². The van der Waals surface area contributed by atoms with Crippen LogP contribution in [0.15, 0.2) is 91.1 Å². The molecule has 0 radical (unpaired) electrons. The molecule has 2 fully saturated rings. The Morgan fingerprint density at radius 3 is 2.03 bits per heavy atom. The number of hydrogen-bond donors (Lipinski definition) is 5. The maximum Gasteiger partial charge on any atom is 0.342 e. The van der Waals surface area contributed by atoms with Crippen molar-refractivity contribution in [2.24, 2.45) is 11.8 Å². The predicted molar refractivity (Wildman–Crippen MR) is 286 cm³/mol. The molecule has 7 rings (SSSR count). The molecular formula is C59H74O20. The molecule has 3 aromatic rings. The van der Waals surface area contributed by atoms with E-state index in [0.717, 1.165) is 6.08 Å². The summed E-state index contributed by atoms with van der Waals surface area (Å²) in [6, 6.07) is 14.8. The molecule has 430 valence electrons. The molecule has 0 aliphatic carbocycles. The van der Waals surface area contributed by atoms with Crippen molar-refractivity contribution in [3.8, 4) is 23.0 Å². The second-order valence-corrected chi connectivity index (χ2v) is 20.5. The van der Waals surface area contributed by atoms with Gasteiger partial charge < -0.3 is 77.6 Å². The molecular weight excluding hydrogens is 1030 g/mol. The number of esters is 3. The van der Waals surface area contributed by atoms with Crippen molar-refractivity contribution in [2.75, 3.05) is 40.3 Å². The third-order valence-corrected chi connectivity index (χ3v) is 13.2. The van der Waals surface area contributed by atoms with Gasteiger partial charge in [0, 0.05) is 31.1 Å². The van der Waals surface area contributed by atoms with E-state index in [0.29, 0.717) is 29.9 Å². The number of methoxy groups -OCH3 is 1. The van der Waals surface area contributed by atoms with E-state index in [1.165, 1.54) is 37.5 Å². The second-order valence-electron chi connectivity index (χ2n) is 20.5. The topological polar surface area (TPSA) is 271 Å². The number of carbonyl (C=O) groups excluding carboxylic acids is 4. The summed E-state index contributed by atoms with van der Waals surface area (Å²) < 4.78 is 64.2. The third-order valence-electron chi connectivity index (χ3n) is 13.2. The number of phenolic OH excluding ortho intramolecular Hbond substituents is 1. The fourth-order valence-corrected chi connectivity index (χ4v) is 8.52. The van der Waals surface area contributed by atoms with Gasteiger partial charge in [0.1, 0.15) is 90.1 Å². The van der Waals surface area contributed by atoms with Gasteiger partial charge in [0.05, 0.1) is 31.0 Å².